The normalized spacial score (nSPS) is 11.6. The number of hydrogen-bond donors (Lipinski definition) is 0. The second kappa shape index (κ2) is 5.14. The number of esters is 1. The Morgan fingerprint density at radius 2 is 2.11 bits per heavy atom. The van der Waals surface area contributed by atoms with Gasteiger partial charge in [-0.25, -0.2) is 4.79 Å². The van der Waals surface area contributed by atoms with Crippen LogP contribution in [0.4, 0.5) is 0 Å². The lowest BCUT2D eigenvalue weighted by molar-refractivity contribution is -0.134. The fourth-order valence-electron chi connectivity index (χ4n) is 1.73. The van der Waals surface area contributed by atoms with Crippen molar-refractivity contribution in [2.45, 2.75) is 0 Å². The van der Waals surface area contributed by atoms with Crippen molar-refractivity contribution in [1.29, 1.82) is 0 Å². The second-order valence-electron chi connectivity index (χ2n) is 3.62. The average molecular weight is 266 g/mol. The van der Waals surface area contributed by atoms with Gasteiger partial charge in [-0.3, -0.25) is 0 Å². The van der Waals surface area contributed by atoms with E-state index in [1.807, 2.05) is 12.1 Å². The molecule has 0 N–H and O–H groups in total. The number of methoxy groups -OCH3 is 2. The Morgan fingerprint density at radius 3 is 2.78 bits per heavy atom. The predicted octanol–water partition coefficient (Wildman–Crippen LogP) is 2.91. The van der Waals surface area contributed by atoms with Crippen LogP contribution in [-0.4, -0.2) is 24.8 Å². The summed E-state index contributed by atoms with van der Waals surface area (Å²) in [6, 6.07) is 7.35. The van der Waals surface area contributed by atoms with E-state index in [1.54, 1.807) is 22.9 Å². The molecule has 0 aliphatic carbocycles. The zero-order valence-corrected chi connectivity index (χ0v) is 10.8. The lowest BCUT2D eigenvalue weighted by Gasteiger charge is -2.08. The summed E-state index contributed by atoms with van der Waals surface area (Å²) < 4.78 is 11.3. The molecule has 1 aromatic heterocycles. The molecule has 2 aromatic rings. The van der Waals surface area contributed by atoms with Crippen LogP contribution in [0, 0.1) is 0 Å². The van der Waals surface area contributed by atoms with Crippen molar-refractivity contribution in [3.8, 4) is 0 Å². The minimum atomic E-state index is -0.477. The third-order valence-electron chi connectivity index (χ3n) is 2.54. The molecule has 0 amide bonds. The van der Waals surface area contributed by atoms with E-state index in [0.29, 0.717) is 5.02 Å². The van der Waals surface area contributed by atoms with Gasteiger partial charge in [0.15, 0.2) is 5.70 Å². The number of benzene rings is 1. The van der Waals surface area contributed by atoms with Crippen LogP contribution in [0.5, 0.6) is 0 Å². The van der Waals surface area contributed by atoms with Gasteiger partial charge >= 0.3 is 5.97 Å². The summed E-state index contributed by atoms with van der Waals surface area (Å²) in [7, 11) is 2.80. The molecule has 18 heavy (non-hydrogen) atoms. The Kier molecular flexibility index (Phi) is 3.58. The van der Waals surface area contributed by atoms with E-state index in [0.717, 1.165) is 10.9 Å². The van der Waals surface area contributed by atoms with Gasteiger partial charge in [0.25, 0.3) is 0 Å². The van der Waals surface area contributed by atoms with E-state index in [4.69, 9.17) is 21.1 Å². The van der Waals surface area contributed by atoms with Crippen molar-refractivity contribution < 1.29 is 14.3 Å². The van der Waals surface area contributed by atoms with Crippen LogP contribution in [-0.2, 0) is 14.3 Å². The summed E-state index contributed by atoms with van der Waals surface area (Å²) in [5.74, 6) is -0.477. The maximum Gasteiger partial charge on any atom is 0.358 e. The third kappa shape index (κ3) is 2.19. The minimum absolute atomic E-state index is 0.289. The highest BCUT2D eigenvalue weighted by atomic mass is 35.5. The maximum atomic E-state index is 11.7. The Hall–Kier alpha value is -1.94. The number of aromatic nitrogens is 1. The van der Waals surface area contributed by atoms with Crippen LogP contribution in [0.25, 0.3) is 16.6 Å². The predicted molar refractivity (Wildman–Crippen MR) is 70.2 cm³/mol. The molecule has 5 heteroatoms. The van der Waals surface area contributed by atoms with Gasteiger partial charge in [-0.1, -0.05) is 17.7 Å². The summed E-state index contributed by atoms with van der Waals surface area (Å²) in [6.07, 6.45) is 3.11. The van der Waals surface area contributed by atoms with Crippen molar-refractivity contribution in [3.05, 3.63) is 41.7 Å². The Bertz CT molecular complexity index is 616. The Balaban J connectivity index is 2.61. The zero-order valence-electron chi connectivity index (χ0n) is 10.0. The van der Waals surface area contributed by atoms with Crippen molar-refractivity contribution in [2.75, 3.05) is 14.2 Å². The molecule has 1 aromatic carbocycles. The van der Waals surface area contributed by atoms with E-state index in [2.05, 4.69) is 0 Å². The highest BCUT2D eigenvalue weighted by Gasteiger charge is 2.15. The highest BCUT2D eigenvalue weighted by molar-refractivity contribution is 6.31. The first-order valence-electron chi connectivity index (χ1n) is 5.25. The molecule has 0 fully saturated rings. The second-order valence-corrected chi connectivity index (χ2v) is 4.06. The van der Waals surface area contributed by atoms with Gasteiger partial charge in [-0.15, -0.1) is 0 Å². The molecule has 0 saturated carbocycles. The summed E-state index contributed by atoms with van der Waals surface area (Å²) in [6.45, 7) is 0. The maximum absolute atomic E-state index is 11.7. The number of ether oxygens (including phenoxy) is 2. The fraction of sp³-hybridized carbons (Fsp3) is 0.154. The Labute approximate surface area is 109 Å². The molecule has 0 aliphatic heterocycles. The number of fused-ring (bicyclic) bond motifs is 1. The fourth-order valence-corrected chi connectivity index (χ4v) is 1.90. The summed E-state index contributed by atoms with van der Waals surface area (Å²) >= 11 is 5.96. The van der Waals surface area contributed by atoms with Crippen molar-refractivity contribution in [3.63, 3.8) is 0 Å². The van der Waals surface area contributed by atoms with Gasteiger partial charge in [-0.05, 0) is 18.2 Å². The Morgan fingerprint density at radius 1 is 1.33 bits per heavy atom. The van der Waals surface area contributed by atoms with E-state index in [-0.39, 0.29) is 5.70 Å². The van der Waals surface area contributed by atoms with Crippen LogP contribution in [0.3, 0.4) is 0 Å². The first-order chi connectivity index (χ1) is 8.67. The van der Waals surface area contributed by atoms with Crippen LogP contribution >= 0.6 is 11.6 Å². The largest absolute Gasteiger partial charge is 0.502 e. The van der Waals surface area contributed by atoms with Crippen LogP contribution in [0.1, 0.15) is 0 Å². The molecule has 0 radical (unpaired) electrons. The number of hydrogen-bond acceptors (Lipinski definition) is 3. The molecule has 2 rings (SSSR count). The number of nitrogens with zero attached hydrogens (tertiary/aromatic N) is 1. The number of halogens is 1. The first-order valence-corrected chi connectivity index (χ1v) is 5.63. The average Bonchev–Trinajstić information content (AvgIpc) is 2.78. The summed E-state index contributed by atoms with van der Waals surface area (Å²) in [4.78, 5) is 11.7. The molecule has 0 unspecified atom stereocenters. The van der Waals surface area contributed by atoms with Crippen LogP contribution in [0.2, 0.25) is 5.02 Å². The molecular weight excluding hydrogens is 254 g/mol. The van der Waals surface area contributed by atoms with E-state index < -0.39 is 5.97 Å². The molecule has 94 valence electrons. The molecular formula is C13H12ClNO3. The zero-order chi connectivity index (χ0) is 13.1. The molecule has 0 aliphatic rings. The standard InChI is InChI=1S/C13H12ClNO3/c1-17-8-12(13(16)18-2)15-6-5-9-3-4-10(14)7-11(9)15/h3-8H,1-2H3/b12-8+. The molecule has 0 saturated heterocycles. The molecule has 0 atom stereocenters. The lowest BCUT2D eigenvalue weighted by Crippen LogP contribution is -2.10. The minimum Gasteiger partial charge on any atom is -0.502 e. The van der Waals surface area contributed by atoms with E-state index in [1.165, 1.54) is 20.5 Å². The highest BCUT2D eigenvalue weighted by Crippen LogP contribution is 2.23. The molecule has 1 heterocycles. The number of carbonyl (C=O) groups excluding carboxylic acids is 1. The van der Waals surface area contributed by atoms with Gasteiger partial charge in [0, 0.05) is 16.6 Å². The quantitative estimate of drug-likeness (QED) is 0.487. The van der Waals surface area contributed by atoms with Gasteiger partial charge < -0.3 is 14.0 Å². The topological polar surface area (TPSA) is 40.5 Å². The van der Waals surface area contributed by atoms with Crippen molar-refractivity contribution >= 4 is 34.2 Å². The van der Waals surface area contributed by atoms with Gasteiger partial charge in [0.2, 0.25) is 0 Å². The van der Waals surface area contributed by atoms with Gasteiger partial charge in [0.1, 0.15) is 6.26 Å². The van der Waals surface area contributed by atoms with Crippen molar-refractivity contribution in [2.24, 2.45) is 0 Å². The van der Waals surface area contributed by atoms with Crippen molar-refractivity contribution in [1.82, 2.24) is 4.57 Å². The molecule has 0 spiro atoms. The SMILES string of the molecule is CO/C=C(\C(=O)OC)n1ccc2ccc(Cl)cc21. The third-order valence-corrected chi connectivity index (χ3v) is 2.77. The molecule has 0 bridgehead atoms. The van der Waals surface area contributed by atoms with Crippen LogP contribution < -0.4 is 0 Å². The summed E-state index contributed by atoms with van der Waals surface area (Å²) in [5, 5.41) is 1.58. The van der Waals surface area contributed by atoms with Crippen LogP contribution in [0.15, 0.2) is 36.7 Å². The first kappa shape index (κ1) is 12.5. The van der Waals surface area contributed by atoms with E-state index in [9.17, 15) is 4.79 Å². The number of carbonyl (C=O) groups is 1. The van der Waals surface area contributed by atoms with Gasteiger partial charge in [0.05, 0.1) is 19.7 Å². The lowest BCUT2D eigenvalue weighted by atomic mass is 10.2. The smallest absolute Gasteiger partial charge is 0.358 e. The number of rotatable bonds is 3. The summed E-state index contributed by atoms with van der Waals surface area (Å²) in [5.41, 5.74) is 1.11. The van der Waals surface area contributed by atoms with Gasteiger partial charge in [-0.2, -0.15) is 0 Å². The van der Waals surface area contributed by atoms with E-state index >= 15 is 0 Å². The monoisotopic (exact) mass is 265 g/mol. The molecule has 4 nitrogen and oxygen atoms in total.